The summed E-state index contributed by atoms with van der Waals surface area (Å²) in [6.45, 7) is 4.38. The third-order valence-electron chi connectivity index (χ3n) is 3.04. The zero-order valence-electron chi connectivity index (χ0n) is 12.4. The first-order valence-corrected chi connectivity index (χ1v) is 7.39. The standard InChI is InChI=1S/C15H17N5OS/c1-9-14(22-10(2)19-9)8-21-12-5-3-4-11(6-12)15(17)13(7-16)20-18/h3-6,20H,8,17-18H2,1-2H3/b15-13-. The van der Waals surface area contributed by atoms with Crippen molar-refractivity contribution in [3.05, 3.63) is 51.1 Å². The van der Waals surface area contributed by atoms with Gasteiger partial charge in [-0.1, -0.05) is 12.1 Å². The van der Waals surface area contributed by atoms with Crippen LogP contribution in [0, 0.1) is 25.2 Å². The number of aromatic nitrogens is 1. The van der Waals surface area contributed by atoms with Crippen LogP contribution >= 0.6 is 11.3 Å². The van der Waals surface area contributed by atoms with Gasteiger partial charge in [-0.25, -0.2) is 10.8 Å². The molecule has 1 heterocycles. The number of allylic oxidation sites excluding steroid dienone is 1. The molecule has 0 saturated carbocycles. The first-order valence-electron chi connectivity index (χ1n) is 6.57. The average Bonchev–Trinajstić information content (AvgIpc) is 2.84. The second-order valence-electron chi connectivity index (χ2n) is 4.60. The van der Waals surface area contributed by atoms with Gasteiger partial charge < -0.3 is 15.9 Å². The summed E-state index contributed by atoms with van der Waals surface area (Å²) in [4.78, 5) is 5.46. The van der Waals surface area contributed by atoms with E-state index >= 15 is 0 Å². The number of hydrogen-bond donors (Lipinski definition) is 3. The molecule has 5 N–H and O–H groups in total. The van der Waals surface area contributed by atoms with E-state index in [1.165, 1.54) is 0 Å². The molecule has 22 heavy (non-hydrogen) atoms. The Kier molecular flexibility index (Phi) is 4.99. The van der Waals surface area contributed by atoms with Crippen LogP contribution in [-0.2, 0) is 6.61 Å². The second kappa shape index (κ2) is 6.93. The van der Waals surface area contributed by atoms with Crippen molar-refractivity contribution in [2.24, 2.45) is 11.6 Å². The number of nitriles is 1. The summed E-state index contributed by atoms with van der Waals surface area (Å²) in [6.07, 6.45) is 0. The van der Waals surface area contributed by atoms with Gasteiger partial charge in [-0.15, -0.1) is 11.3 Å². The highest BCUT2D eigenvalue weighted by Gasteiger charge is 2.08. The Morgan fingerprint density at radius 1 is 1.45 bits per heavy atom. The average molecular weight is 315 g/mol. The van der Waals surface area contributed by atoms with Crippen LogP contribution in [0.25, 0.3) is 5.70 Å². The zero-order valence-corrected chi connectivity index (χ0v) is 13.2. The largest absolute Gasteiger partial charge is 0.488 e. The van der Waals surface area contributed by atoms with E-state index in [2.05, 4.69) is 10.4 Å². The molecule has 6 nitrogen and oxygen atoms in total. The van der Waals surface area contributed by atoms with E-state index in [9.17, 15) is 0 Å². The van der Waals surface area contributed by atoms with E-state index < -0.39 is 0 Å². The van der Waals surface area contributed by atoms with Gasteiger partial charge in [0.2, 0.25) is 0 Å². The Hall–Kier alpha value is -2.56. The molecule has 2 aromatic rings. The minimum atomic E-state index is 0.117. The molecule has 0 amide bonds. The smallest absolute Gasteiger partial charge is 0.151 e. The summed E-state index contributed by atoms with van der Waals surface area (Å²) in [5.74, 6) is 5.93. The van der Waals surface area contributed by atoms with E-state index in [1.807, 2.05) is 32.0 Å². The fourth-order valence-corrected chi connectivity index (χ4v) is 2.77. The first kappa shape index (κ1) is 15.8. The highest BCUT2D eigenvalue weighted by atomic mass is 32.1. The van der Waals surface area contributed by atoms with E-state index in [4.69, 9.17) is 21.6 Å². The molecule has 1 aromatic carbocycles. The lowest BCUT2D eigenvalue weighted by atomic mass is 10.1. The number of nitrogens with zero attached hydrogens (tertiary/aromatic N) is 2. The van der Waals surface area contributed by atoms with Crippen molar-refractivity contribution in [1.82, 2.24) is 10.4 Å². The number of nitrogens with one attached hydrogen (secondary N) is 1. The number of benzene rings is 1. The lowest BCUT2D eigenvalue weighted by Crippen LogP contribution is -2.23. The van der Waals surface area contributed by atoms with Crippen LogP contribution in [0.5, 0.6) is 5.75 Å². The van der Waals surface area contributed by atoms with Gasteiger partial charge in [-0.3, -0.25) is 0 Å². The van der Waals surface area contributed by atoms with Crippen molar-refractivity contribution in [3.63, 3.8) is 0 Å². The molecule has 7 heteroatoms. The Bertz CT molecular complexity index is 745. The van der Waals surface area contributed by atoms with Gasteiger partial charge in [0.1, 0.15) is 18.4 Å². The van der Waals surface area contributed by atoms with Crippen LogP contribution in [-0.4, -0.2) is 4.98 Å². The highest BCUT2D eigenvalue weighted by molar-refractivity contribution is 7.11. The molecule has 0 bridgehead atoms. The Morgan fingerprint density at radius 3 is 2.82 bits per heavy atom. The number of rotatable bonds is 5. The van der Waals surface area contributed by atoms with Gasteiger partial charge in [0.15, 0.2) is 5.70 Å². The summed E-state index contributed by atoms with van der Waals surface area (Å²) < 4.78 is 5.78. The quantitative estimate of drug-likeness (QED) is 0.442. The third-order valence-corrected chi connectivity index (χ3v) is 4.09. The summed E-state index contributed by atoms with van der Waals surface area (Å²) in [5, 5.41) is 9.96. The third kappa shape index (κ3) is 3.55. The maximum Gasteiger partial charge on any atom is 0.151 e. The van der Waals surface area contributed by atoms with Crippen molar-refractivity contribution in [2.75, 3.05) is 0 Å². The van der Waals surface area contributed by atoms with Gasteiger partial charge in [-0.2, -0.15) is 5.26 Å². The fourth-order valence-electron chi connectivity index (χ4n) is 1.92. The lowest BCUT2D eigenvalue weighted by Gasteiger charge is -2.09. The Labute approximate surface area is 133 Å². The maximum absolute atomic E-state index is 8.94. The van der Waals surface area contributed by atoms with Gasteiger partial charge in [0.25, 0.3) is 0 Å². The van der Waals surface area contributed by atoms with Gasteiger partial charge in [0.05, 0.1) is 21.3 Å². The van der Waals surface area contributed by atoms with Crippen LogP contribution in [0.3, 0.4) is 0 Å². The van der Waals surface area contributed by atoms with Crippen molar-refractivity contribution < 1.29 is 4.74 Å². The zero-order chi connectivity index (χ0) is 16.1. The molecular weight excluding hydrogens is 298 g/mol. The fraction of sp³-hybridized carbons (Fsp3) is 0.200. The molecule has 0 radical (unpaired) electrons. The van der Waals surface area contributed by atoms with Crippen molar-refractivity contribution >= 4 is 17.0 Å². The molecule has 0 atom stereocenters. The van der Waals surface area contributed by atoms with Crippen LogP contribution in [0.2, 0.25) is 0 Å². The maximum atomic E-state index is 8.94. The first-order chi connectivity index (χ1) is 10.5. The van der Waals surface area contributed by atoms with Crippen molar-refractivity contribution in [3.8, 4) is 11.8 Å². The summed E-state index contributed by atoms with van der Waals surface area (Å²) in [5.41, 5.74) is 10.2. The van der Waals surface area contributed by atoms with Gasteiger partial charge in [-0.05, 0) is 26.0 Å². The molecule has 0 aliphatic heterocycles. The van der Waals surface area contributed by atoms with E-state index in [0.29, 0.717) is 17.9 Å². The molecule has 2 rings (SSSR count). The monoisotopic (exact) mass is 315 g/mol. The van der Waals surface area contributed by atoms with E-state index in [1.54, 1.807) is 23.5 Å². The molecule has 0 spiro atoms. The predicted octanol–water partition coefficient (Wildman–Crippen LogP) is 1.95. The molecule has 114 valence electrons. The molecule has 0 unspecified atom stereocenters. The van der Waals surface area contributed by atoms with Crippen molar-refractivity contribution in [1.29, 1.82) is 5.26 Å². The van der Waals surface area contributed by atoms with Crippen LogP contribution in [0.1, 0.15) is 21.1 Å². The highest BCUT2D eigenvalue weighted by Crippen LogP contribution is 2.22. The summed E-state index contributed by atoms with van der Waals surface area (Å²) in [6, 6.07) is 9.12. The molecule has 1 aromatic heterocycles. The number of ether oxygens (including phenoxy) is 1. The number of aryl methyl sites for hydroxylation is 2. The van der Waals surface area contributed by atoms with E-state index in [0.717, 1.165) is 15.6 Å². The summed E-state index contributed by atoms with van der Waals surface area (Å²) in [7, 11) is 0. The predicted molar refractivity (Wildman–Crippen MR) is 86.4 cm³/mol. The molecule has 0 aliphatic rings. The van der Waals surface area contributed by atoms with Gasteiger partial charge >= 0.3 is 0 Å². The topological polar surface area (TPSA) is 110 Å². The minimum absolute atomic E-state index is 0.117. The molecule has 0 fully saturated rings. The van der Waals surface area contributed by atoms with Crippen LogP contribution in [0.15, 0.2) is 30.0 Å². The van der Waals surface area contributed by atoms with Crippen LogP contribution in [0.4, 0.5) is 0 Å². The Balaban J connectivity index is 2.17. The molecule has 0 saturated heterocycles. The number of thiazole rings is 1. The second-order valence-corrected chi connectivity index (χ2v) is 5.89. The SMILES string of the molecule is Cc1nc(C)c(COc2cccc(/C(N)=C(\C#N)NN)c2)s1. The summed E-state index contributed by atoms with van der Waals surface area (Å²) >= 11 is 1.62. The van der Waals surface area contributed by atoms with Gasteiger partial charge in [0, 0.05) is 5.56 Å². The molecule has 0 aliphatic carbocycles. The van der Waals surface area contributed by atoms with E-state index in [-0.39, 0.29) is 11.4 Å². The Morgan fingerprint density at radius 2 is 2.23 bits per heavy atom. The minimum Gasteiger partial charge on any atom is -0.488 e. The molecular formula is C15H17N5OS. The number of hydrogen-bond acceptors (Lipinski definition) is 7. The lowest BCUT2D eigenvalue weighted by molar-refractivity contribution is 0.308. The van der Waals surface area contributed by atoms with Crippen molar-refractivity contribution in [2.45, 2.75) is 20.5 Å². The normalized spacial score (nSPS) is 11.5. The number of hydrazine groups is 1. The van der Waals surface area contributed by atoms with Crippen LogP contribution < -0.4 is 21.7 Å². The number of nitrogens with two attached hydrogens (primary N) is 2.